The Morgan fingerprint density at radius 3 is 2.52 bits per heavy atom. The number of benzene rings is 1. The highest BCUT2D eigenvalue weighted by atomic mass is 16.5. The van der Waals surface area contributed by atoms with Gasteiger partial charge in [0.2, 0.25) is 5.91 Å². The van der Waals surface area contributed by atoms with Crippen LogP contribution >= 0.6 is 0 Å². The van der Waals surface area contributed by atoms with Gasteiger partial charge in [-0.2, -0.15) is 0 Å². The van der Waals surface area contributed by atoms with Gasteiger partial charge in [0.15, 0.2) is 0 Å². The summed E-state index contributed by atoms with van der Waals surface area (Å²) in [5.41, 5.74) is 1.51. The number of ether oxygens (including phenoxy) is 1. The van der Waals surface area contributed by atoms with Crippen LogP contribution in [0.4, 0.5) is 0 Å². The first kappa shape index (κ1) is 17.0. The maximum atomic E-state index is 13.1. The topological polar surface area (TPSA) is 32.8 Å². The van der Waals surface area contributed by atoms with Crippen LogP contribution in [0.1, 0.15) is 43.6 Å². The van der Waals surface area contributed by atoms with Crippen molar-refractivity contribution in [3.63, 3.8) is 0 Å². The van der Waals surface area contributed by atoms with E-state index < -0.39 is 0 Å². The number of likely N-dealkylation sites (tertiary alicyclic amines) is 2. The van der Waals surface area contributed by atoms with Gasteiger partial charge in [0.25, 0.3) is 0 Å². The van der Waals surface area contributed by atoms with Gasteiger partial charge in [-0.3, -0.25) is 4.79 Å². The molecule has 0 aromatic heterocycles. The average Bonchev–Trinajstić information content (AvgIpc) is 3.49. The van der Waals surface area contributed by atoms with Crippen LogP contribution in [0.2, 0.25) is 0 Å². The second-order valence-corrected chi connectivity index (χ2v) is 8.20. The zero-order valence-corrected chi connectivity index (χ0v) is 15.3. The monoisotopic (exact) mass is 342 g/mol. The molecule has 2 saturated heterocycles. The molecule has 4 nitrogen and oxygen atoms in total. The molecule has 4 rings (SSSR count). The first-order chi connectivity index (χ1) is 12.2. The van der Waals surface area contributed by atoms with E-state index in [1.807, 2.05) is 6.07 Å². The number of amides is 1. The fourth-order valence-electron chi connectivity index (χ4n) is 4.70. The first-order valence-electron chi connectivity index (χ1n) is 9.77. The largest absolute Gasteiger partial charge is 0.383 e. The molecule has 0 bridgehead atoms. The van der Waals surface area contributed by atoms with Crippen LogP contribution in [0.3, 0.4) is 0 Å². The predicted molar refractivity (Wildman–Crippen MR) is 98.5 cm³/mol. The third-order valence-electron chi connectivity index (χ3n) is 6.44. The maximum absolute atomic E-state index is 13.1. The summed E-state index contributed by atoms with van der Waals surface area (Å²) in [7, 11) is 1.77. The summed E-state index contributed by atoms with van der Waals surface area (Å²) in [6, 6.07) is 11.0. The molecule has 0 unspecified atom stereocenters. The number of methoxy groups -OCH3 is 1. The quantitative estimate of drug-likeness (QED) is 0.825. The minimum absolute atomic E-state index is 0.0566. The summed E-state index contributed by atoms with van der Waals surface area (Å²) in [5, 5.41) is 0. The molecule has 136 valence electrons. The molecule has 0 N–H and O–H groups in total. The van der Waals surface area contributed by atoms with E-state index in [1.54, 1.807) is 7.11 Å². The normalized spacial score (nSPS) is 27.0. The molecular formula is C21H30N2O2. The van der Waals surface area contributed by atoms with E-state index in [0.29, 0.717) is 17.4 Å². The van der Waals surface area contributed by atoms with Gasteiger partial charge < -0.3 is 14.5 Å². The van der Waals surface area contributed by atoms with Crippen molar-refractivity contribution in [2.75, 3.05) is 39.9 Å². The van der Waals surface area contributed by atoms with Gasteiger partial charge in [0.05, 0.1) is 12.5 Å². The summed E-state index contributed by atoms with van der Waals surface area (Å²) < 4.78 is 5.23. The van der Waals surface area contributed by atoms with Crippen molar-refractivity contribution in [2.45, 2.75) is 44.1 Å². The number of hydrogen-bond acceptors (Lipinski definition) is 3. The summed E-state index contributed by atoms with van der Waals surface area (Å²) in [6.07, 6.45) is 5.83. The van der Waals surface area contributed by atoms with Crippen molar-refractivity contribution < 1.29 is 9.53 Å². The predicted octanol–water partition coefficient (Wildman–Crippen LogP) is 2.89. The molecule has 0 radical (unpaired) electrons. The molecule has 2 aliphatic heterocycles. The van der Waals surface area contributed by atoms with Crippen molar-refractivity contribution in [1.29, 1.82) is 0 Å². The molecule has 1 saturated carbocycles. The van der Waals surface area contributed by atoms with E-state index in [0.717, 1.165) is 39.2 Å². The SMILES string of the molecule is COCCN1CCC2(CC1)C[C@@H](c1ccccc1)C(=O)N(C1CC1)C2. The van der Waals surface area contributed by atoms with Crippen molar-refractivity contribution in [1.82, 2.24) is 9.80 Å². The summed E-state index contributed by atoms with van der Waals surface area (Å²) in [6.45, 7) is 5.10. The Kier molecular flexibility index (Phi) is 4.83. The van der Waals surface area contributed by atoms with Crippen molar-refractivity contribution >= 4 is 5.91 Å². The molecule has 3 fully saturated rings. The van der Waals surface area contributed by atoms with Crippen LogP contribution in [-0.2, 0) is 9.53 Å². The van der Waals surface area contributed by atoms with Crippen LogP contribution in [-0.4, -0.2) is 61.6 Å². The van der Waals surface area contributed by atoms with E-state index in [-0.39, 0.29) is 5.92 Å². The molecule has 4 heteroatoms. The summed E-state index contributed by atoms with van der Waals surface area (Å²) in [4.78, 5) is 17.9. The van der Waals surface area contributed by atoms with Gasteiger partial charge in [0.1, 0.15) is 0 Å². The highest BCUT2D eigenvalue weighted by Gasteiger charge is 2.49. The van der Waals surface area contributed by atoms with Gasteiger partial charge in [-0.25, -0.2) is 0 Å². The Bertz CT molecular complexity index is 591. The number of carbonyl (C=O) groups excluding carboxylic acids is 1. The lowest BCUT2D eigenvalue weighted by molar-refractivity contribution is -0.142. The lowest BCUT2D eigenvalue weighted by atomic mass is 9.67. The number of piperidine rings is 2. The smallest absolute Gasteiger partial charge is 0.230 e. The second-order valence-electron chi connectivity index (χ2n) is 8.20. The van der Waals surface area contributed by atoms with Crippen LogP contribution in [0.25, 0.3) is 0 Å². The fraction of sp³-hybridized carbons (Fsp3) is 0.667. The number of rotatable bonds is 5. The van der Waals surface area contributed by atoms with Crippen LogP contribution in [0.5, 0.6) is 0 Å². The van der Waals surface area contributed by atoms with Gasteiger partial charge in [0, 0.05) is 26.2 Å². The van der Waals surface area contributed by atoms with Gasteiger partial charge in [-0.1, -0.05) is 30.3 Å². The van der Waals surface area contributed by atoms with Crippen LogP contribution in [0, 0.1) is 5.41 Å². The minimum atomic E-state index is 0.0566. The third-order valence-corrected chi connectivity index (χ3v) is 6.44. The van der Waals surface area contributed by atoms with Crippen molar-refractivity contribution in [3.05, 3.63) is 35.9 Å². The Labute approximate surface area is 151 Å². The highest BCUT2D eigenvalue weighted by molar-refractivity contribution is 5.85. The molecule has 2 heterocycles. The molecule has 25 heavy (non-hydrogen) atoms. The van der Waals surface area contributed by atoms with Gasteiger partial charge in [-0.15, -0.1) is 0 Å². The summed E-state index contributed by atoms with van der Waals surface area (Å²) in [5.74, 6) is 0.433. The Morgan fingerprint density at radius 2 is 1.88 bits per heavy atom. The zero-order valence-electron chi connectivity index (χ0n) is 15.3. The van der Waals surface area contributed by atoms with Gasteiger partial charge >= 0.3 is 0 Å². The highest BCUT2D eigenvalue weighted by Crippen LogP contribution is 2.48. The van der Waals surface area contributed by atoms with E-state index >= 15 is 0 Å². The van der Waals surface area contributed by atoms with Gasteiger partial charge in [-0.05, 0) is 56.2 Å². The van der Waals surface area contributed by atoms with E-state index in [1.165, 1.54) is 31.2 Å². The standard InChI is InChI=1S/C21H30N2O2/c1-25-14-13-22-11-9-21(10-12-22)15-19(17-5-3-2-4-6-17)20(24)23(16-21)18-7-8-18/h2-6,18-19H,7-16H2,1H3/t19-/m0/s1. The lowest BCUT2D eigenvalue weighted by Crippen LogP contribution is -2.54. The zero-order chi connectivity index (χ0) is 17.3. The molecule has 1 aromatic rings. The fourth-order valence-corrected chi connectivity index (χ4v) is 4.70. The van der Waals surface area contributed by atoms with Crippen molar-refractivity contribution in [3.8, 4) is 0 Å². The Morgan fingerprint density at radius 1 is 1.16 bits per heavy atom. The first-order valence-corrected chi connectivity index (χ1v) is 9.77. The van der Waals surface area contributed by atoms with Crippen LogP contribution in [0.15, 0.2) is 30.3 Å². The third kappa shape index (κ3) is 3.61. The molecule has 3 aliphatic rings. The van der Waals surface area contributed by atoms with Crippen LogP contribution < -0.4 is 0 Å². The Hall–Kier alpha value is -1.39. The molecule has 1 spiro atoms. The lowest BCUT2D eigenvalue weighted by Gasteiger charge is -2.50. The molecule has 1 aromatic carbocycles. The maximum Gasteiger partial charge on any atom is 0.230 e. The molecule has 1 atom stereocenters. The van der Waals surface area contributed by atoms with E-state index in [4.69, 9.17) is 4.74 Å². The number of hydrogen-bond donors (Lipinski definition) is 0. The van der Waals surface area contributed by atoms with Crippen molar-refractivity contribution in [2.24, 2.45) is 5.41 Å². The average molecular weight is 342 g/mol. The minimum Gasteiger partial charge on any atom is -0.383 e. The van der Waals surface area contributed by atoms with E-state index in [2.05, 4.69) is 34.1 Å². The van der Waals surface area contributed by atoms with E-state index in [9.17, 15) is 4.79 Å². The summed E-state index contributed by atoms with van der Waals surface area (Å²) >= 11 is 0. The Balaban J connectivity index is 1.51. The molecular weight excluding hydrogens is 312 g/mol. The number of carbonyl (C=O) groups is 1. The molecule has 1 aliphatic carbocycles. The molecule has 1 amide bonds. The second kappa shape index (κ2) is 7.08. The number of nitrogens with zero attached hydrogens (tertiary/aromatic N) is 2.